The second-order valence-corrected chi connectivity index (χ2v) is 10.8. The second kappa shape index (κ2) is 9.83. The van der Waals surface area contributed by atoms with Crippen LogP contribution in [0.2, 0.25) is 5.02 Å². The minimum absolute atomic E-state index is 0.350. The summed E-state index contributed by atoms with van der Waals surface area (Å²) in [5.74, 6) is 1.43. The van der Waals surface area contributed by atoms with Gasteiger partial charge in [-0.05, 0) is 57.0 Å². The lowest BCUT2D eigenvalue weighted by Gasteiger charge is -2.30. The van der Waals surface area contributed by atoms with E-state index in [1.54, 1.807) is 39.9 Å². The molecule has 2 N–H and O–H groups in total. The van der Waals surface area contributed by atoms with Crippen LogP contribution in [0.3, 0.4) is 0 Å². The molecule has 0 unspecified atom stereocenters. The predicted octanol–water partition coefficient (Wildman–Crippen LogP) is 5.52. The molecular weight excluding hydrogens is 532 g/mol. The number of nitrogen functional groups attached to an aromatic ring is 1. The highest BCUT2D eigenvalue weighted by Gasteiger charge is 2.27. The van der Waals surface area contributed by atoms with Gasteiger partial charge in [-0.1, -0.05) is 17.7 Å². The maximum atomic E-state index is 12.8. The van der Waals surface area contributed by atoms with E-state index >= 15 is 0 Å². The molecule has 1 amide bonds. The van der Waals surface area contributed by atoms with Crippen molar-refractivity contribution in [1.29, 1.82) is 0 Å². The van der Waals surface area contributed by atoms with Crippen LogP contribution in [-0.2, 0) is 4.74 Å². The third kappa shape index (κ3) is 4.91. The van der Waals surface area contributed by atoms with Crippen molar-refractivity contribution in [3.05, 3.63) is 72.0 Å². The number of fused-ring (bicyclic) bond motifs is 2. The highest BCUT2D eigenvalue weighted by Crippen LogP contribution is 2.36. The fourth-order valence-electron chi connectivity index (χ4n) is 4.66. The van der Waals surface area contributed by atoms with Gasteiger partial charge in [-0.3, -0.25) is 0 Å². The number of anilines is 1. The van der Waals surface area contributed by atoms with Crippen LogP contribution < -0.4 is 10.5 Å². The van der Waals surface area contributed by atoms with E-state index in [1.807, 2.05) is 37.6 Å². The molecule has 12 heteroatoms. The molecule has 0 fully saturated rings. The van der Waals surface area contributed by atoms with E-state index < -0.39 is 5.60 Å². The van der Waals surface area contributed by atoms with Gasteiger partial charge < -0.3 is 24.7 Å². The van der Waals surface area contributed by atoms with Gasteiger partial charge in [0.15, 0.2) is 11.3 Å². The van der Waals surface area contributed by atoms with Gasteiger partial charge in [-0.2, -0.15) is 5.10 Å². The highest BCUT2D eigenvalue weighted by molar-refractivity contribution is 6.32. The molecule has 0 atom stereocenters. The summed E-state index contributed by atoms with van der Waals surface area (Å²) >= 11 is 6.67. The Kier molecular flexibility index (Phi) is 6.30. The number of amides is 1. The van der Waals surface area contributed by atoms with Crippen molar-refractivity contribution >= 4 is 45.8 Å². The Balaban J connectivity index is 1.33. The first kappa shape index (κ1) is 25.6. The Labute approximate surface area is 234 Å². The normalized spacial score (nSPS) is 14.0. The SMILES string of the molecule is CC(C)(C)OC(=O)N1CCC=C(c2cn(-c3ccc(Oc4ccn5ncnc5c4)c(Cl)c3)c3ncnc(N)c23)C1. The van der Waals surface area contributed by atoms with Crippen molar-refractivity contribution in [3.63, 3.8) is 0 Å². The fourth-order valence-corrected chi connectivity index (χ4v) is 4.87. The molecule has 5 heterocycles. The molecule has 1 aliphatic heterocycles. The van der Waals surface area contributed by atoms with Gasteiger partial charge in [0.2, 0.25) is 0 Å². The summed E-state index contributed by atoms with van der Waals surface area (Å²) < 4.78 is 15.2. The first-order valence-electron chi connectivity index (χ1n) is 12.7. The summed E-state index contributed by atoms with van der Waals surface area (Å²) in [6, 6.07) is 9.06. The molecule has 0 spiro atoms. The van der Waals surface area contributed by atoms with Gasteiger partial charge in [0.05, 0.1) is 10.4 Å². The lowest BCUT2D eigenvalue weighted by atomic mass is 10.0. The molecule has 6 rings (SSSR count). The summed E-state index contributed by atoms with van der Waals surface area (Å²) in [5, 5.41) is 5.22. The van der Waals surface area contributed by atoms with Crippen LogP contribution >= 0.6 is 11.6 Å². The fraction of sp³-hybridized carbons (Fsp3) is 0.250. The number of ether oxygens (including phenoxy) is 2. The quantitative estimate of drug-likeness (QED) is 0.306. The van der Waals surface area contributed by atoms with E-state index in [-0.39, 0.29) is 6.09 Å². The molecule has 0 saturated heterocycles. The van der Waals surface area contributed by atoms with E-state index in [4.69, 9.17) is 26.8 Å². The first-order valence-corrected chi connectivity index (χ1v) is 13.1. The van der Waals surface area contributed by atoms with Crippen LogP contribution in [-0.4, -0.2) is 58.8 Å². The summed E-state index contributed by atoms with van der Waals surface area (Å²) in [5.41, 5.74) is 9.61. The maximum Gasteiger partial charge on any atom is 0.410 e. The predicted molar refractivity (Wildman–Crippen MR) is 152 cm³/mol. The second-order valence-electron chi connectivity index (χ2n) is 10.4. The Bertz CT molecular complexity index is 1790. The van der Waals surface area contributed by atoms with E-state index in [2.05, 4.69) is 26.1 Å². The molecule has 11 nitrogen and oxygen atoms in total. The van der Waals surface area contributed by atoms with Crippen LogP contribution in [0.1, 0.15) is 32.8 Å². The molecule has 204 valence electrons. The van der Waals surface area contributed by atoms with Gasteiger partial charge in [-0.15, -0.1) is 0 Å². The first-order chi connectivity index (χ1) is 19.2. The number of hydrogen-bond donors (Lipinski definition) is 1. The zero-order chi connectivity index (χ0) is 28.0. The molecule has 4 aromatic heterocycles. The van der Waals surface area contributed by atoms with Gasteiger partial charge in [0, 0.05) is 42.8 Å². The molecule has 1 aromatic carbocycles. The van der Waals surface area contributed by atoms with Crippen LogP contribution in [0.25, 0.3) is 27.9 Å². The number of nitrogens with zero attached hydrogens (tertiary/aromatic N) is 7. The molecular formula is C28H27ClN8O3. The van der Waals surface area contributed by atoms with Gasteiger partial charge in [0.1, 0.15) is 35.6 Å². The van der Waals surface area contributed by atoms with Crippen LogP contribution in [0, 0.1) is 0 Å². The molecule has 40 heavy (non-hydrogen) atoms. The number of nitrogens with two attached hydrogens (primary N) is 1. The third-order valence-corrected chi connectivity index (χ3v) is 6.73. The van der Waals surface area contributed by atoms with Crippen LogP contribution in [0.15, 0.2) is 61.5 Å². The Morgan fingerprint density at radius 1 is 1.10 bits per heavy atom. The van der Waals surface area contributed by atoms with Crippen LogP contribution in [0.5, 0.6) is 11.5 Å². The highest BCUT2D eigenvalue weighted by atomic mass is 35.5. The largest absolute Gasteiger partial charge is 0.456 e. The summed E-state index contributed by atoms with van der Waals surface area (Å²) in [4.78, 5) is 27.4. The molecule has 0 aliphatic carbocycles. The molecule has 0 radical (unpaired) electrons. The standard InChI is InChI=1S/C28H27ClN8O3/c1-28(2,3)40-27(38)35-9-4-5-17(13-35)20-14-36(26-24(20)25(30)32-15-33-26)18-6-7-22(21(29)11-18)39-19-8-10-37-23(12-19)31-16-34-37/h5-8,10-12,14-16H,4,9,13H2,1-3H3,(H2,30,32,33). The Morgan fingerprint density at radius 3 is 2.75 bits per heavy atom. The maximum absolute atomic E-state index is 12.8. The van der Waals surface area contributed by atoms with Crippen molar-refractivity contribution in [3.8, 4) is 17.2 Å². The number of pyridine rings is 1. The Morgan fingerprint density at radius 2 is 1.95 bits per heavy atom. The molecule has 5 aromatic rings. The average Bonchev–Trinajstić information content (AvgIpc) is 3.54. The summed E-state index contributed by atoms with van der Waals surface area (Å²) in [7, 11) is 0. The van der Waals surface area contributed by atoms with Crippen molar-refractivity contribution in [2.75, 3.05) is 18.8 Å². The minimum atomic E-state index is -0.578. The lowest BCUT2D eigenvalue weighted by molar-refractivity contribution is 0.0273. The Hall–Kier alpha value is -4.64. The summed E-state index contributed by atoms with van der Waals surface area (Å²) in [6.45, 7) is 6.52. The number of halogens is 1. The molecule has 0 bridgehead atoms. The number of carbonyl (C=O) groups is 1. The van der Waals surface area contributed by atoms with Crippen molar-refractivity contribution in [2.45, 2.75) is 32.8 Å². The number of hydrogen-bond acceptors (Lipinski definition) is 8. The molecule has 1 aliphatic rings. The monoisotopic (exact) mass is 558 g/mol. The average molecular weight is 559 g/mol. The third-order valence-electron chi connectivity index (χ3n) is 6.43. The van der Waals surface area contributed by atoms with Gasteiger partial charge in [-0.25, -0.2) is 24.3 Å². The smallest absolute Gasteiger partial charge is 0.410 e. The summed E-state index contributed by atoms with van der Waals surface area (Å²) in [6.07, 6.45) is 9.07. The van der Waals surface area contributed by atoms with Crippen molar-refractivity contribution in [2.24, 2.45) is 0 Å². The minimum Gasteiger partial charge on any atom is -0.456 e. The molecule has 0 saturated carbocycles. The van der Waals surface area contributed by atoms with Crippen molar-refractivity contribution in [1.82, 2.24) is 34.0 Å². The lowest BCUT2D eigenvalue weighted by Crippen LogP contribution is -2.39. The number of aromatic nitrogens is 6. The van der Waals surface area contributed by atoms with Crippen molar-refractivity contribution < 1.29 is 14.3 Å². The topological polar surface area (TPSA) is 126 Å². The number of rotatable bonds is 4. The van der Waals surface area contributed by atoms with Crippen LogP contribution in [0.4, 0.5) is 10.6 Å². The zero-order valence-electron chi connectivity index (χ0n) is 22.2. The van der Waals surface area contributed by atoms with E-state index in [0.717, 1.165) is 16.8 Å². The van der Waals surface area contributed by atoms with Gasteiger partial charge >= 0.3 is 6.09 Å². The van der Waals surface area contributed by atoms with E-state index in [9.17, 15) is 4.79 Å². The number of carbonyl (C=O) groups excluding carboxylic acids is 1. The van der Waals surface area contributed by atoms with E-state index in [1.165, 1.54) is 12.7 Å². The van der Waals surface area contributed by atoms with Gasteiger partial charge in [0.25, 0.3) is 0 Å². The van der Waals surface area contributed by atoms with E-state index in [0.29, 0.717) is 58.5 Å². The number of benzene rings is 1. The zero-order valence-corrected chi connectivity index (χ0v) is 23.0.